The van der Waals surface area contributed by atoms with E-state index in [0.29, 0.717) is 16.7 Å². The fourth-order valence-electron chi connectivity index (χ4n) is 1.44. The molecule has 0 saturated carbocycles. The third-order valence-electron chi connectivity index (χ3n) is 2.47. The van der Waals surface area contributed by atoms with Gasteiger partial charge in [-0.2, -0.15) is 0 Å². The summed E-state index contributed by atoms with van der Waals surface area (Å²) in [5, 5.41) is 15.3. The van der Waals surface area contributed by atoms with Crippen LogP contribution in [0.4, 0.5) is 15.6 Å². The number of benzene rings is 1. The van der Waals surface area contributed by atoms with Gasteiger partial charge in [0.15, 0.2) is 5.13 Å². The van der Waals surface area contributed by atoms with Crippen LogP contribution < -0.4 is 10.6 Å². The lowest BCUT2D eigenvalue weighted by Crippen LogP contribution is -2.19. The van der Waals surface area contributed by atoms with Gasteiger partial charge in [-0.15, -0.1) is 11.3 Å². The van der Waals surface area contributed by atoms with Crippen LogP contribution in [0.15, 0.2) is 30.5 Å². The molecule has 6 heteroatoms. The van der Waals surface area contributed by atoms with Gasteiger partial charge in [-0.3, -0.25) is 5.32 Å². The number of hydrogen-bond acceptors (Lipinski definition) is 4. The van der Waals surface area contributed by atoms with Crippen molar-refractivity contribution in [3.8, 4) is 5.75 Å². The molecular formula is C13H15N3O2S. The lowest BCUT2D eigenvalue weighted by atomic mass is 10.2. The second-order valence-electron chi connectivity index (χ2n) is 4.32. The number of hydrogen-bond donors (Lipinski definition) is 3. The minimum atomic E-state index is -0.425. The summed E-state index contributed by atoms with van der Waals surface area (Å²) in [5.41, 5.74) is 0.362. The zero-order valence-electron chi connectivity index (χ0n) is 10.7. The maximum absolute atomic E-state index is 11.7. The maximum atomic E-state index is 11.7. The van der Waals surface area contributed by atoms with Crippen LogP contribution in [0.3, 0.4) is 0 Å². The lowest BCUT2D eigenvalue weighted by Gasteiger charge is -2.06. The Bertz CT molecular complexity index is 581. The number of phenolic OH excluding ortho intramolecular Hbond substituents is 1. The quantitative estimate of drug-likeness (QED) is 0.750. The molecule has 0 spiro atoms. The zero-order valence-corrected chi connectivity index (χ0v) is 11.5. The van der Waals surface area contributed by atoms with Crippen molar-refractivity contribution in [2.45, 2.75) is 19.8 Å². The number of phenols is 1. The van der Waals surface area contributed by atoms with E-state index in [1.54, 1.807) is 24.4 Å². The van der Waals surface area contributed by atoms with Crippen LogP contribution in [-0.4, -0.2) is 16.1 Å². The molecule has 0 unspecified atom stereocenters. The summed E-state index contributed by atoms with van der Waals surface area (Å²) < 4.78 is 0. The summed E-state index contributed by atoms with van der Waals surface area (Å²) in [6.45, 7) is 4.14. The Hall–Kier alpha value is -2.08. The molecule has 0 aliphatic rings. The van der Waals surface area contributed by atoms with Gasteiger partial charge in [0.05, 0.1) is 5.69 Å². The number of aromatic hydroxyl groups is 1. The number of rotatable bonds is 3. The fourth-order valence-corrected chi connectivity index (χ4v) is 2.25. The van der Waals surface area contributed by atoms with Gasteiger partial charge in [0.1, 0.15) is 5.75 Å². The summed E-state index contributed by atoms with van der Waals surface area (Å²) in [5.74, 6) is 0.411. The molecule has 19 heavy (non-hydrogen) atoms. The number of nitrogens with zero attached hydrogens (tertiary/aromatic N) is 1. The first-order valence-electron chi connectivity index (χ1n) is 5.88. The topological polar surface area (TPSA) is 74.2 Å². The Balaban J connectivity index is 1.99. The van der Waals surface area contributed by atoms with Crippen molar-refractivity contribution in [3.63, 3.8) is 0 Å². The molecule has 1 heterocycles. The van der Waals surface area contributed by atoms with Crippen LogP contribution in [0.5, 0.6) is 5.75 Å². The van der Waals surface area contributed by atoms with E-state index in [4.69, 9.17) is 0 Å². The molecule has 0 saturated heterocycles. The molecule has 3 N–H and O–H groups in total. The molecule has 2 amide bonds. The Morgan fingerprint density at radius 1 is 1.32 bits per heavy atom. The van der Waals surface area contributed by atoms with E-state index in [2.05, 4.69) is 29.5 Å². The van der Waals surface area contributed by atoms with Gasteiger partial charge in [-0.05, 0) is 18.1 Å². The smallest absolute Gasteiger partial charge is 0.325 e. The van der Waals surface area contributed by atoms with Crippen molar-refractivity contribution < 1.29 is 9.90 Å². The molecule has 0 aliphatic heterocycles. The zero-order chi connectivity index (χ0) is 13.8. The average molecular weight is 277 g/mol. The van der Waals surface area contributed by atoms with Crippen LogP contribution in [0.2, 0.25) is 0 Å². The molecule has 5 nitrogen and oxygen atoms in total. The highest BCUT2D eigenvalue weighted by atomic mass is 32.1. The predicted octanol–water partition coefficient (Wildman–Crippen LogP) is 3.62. The highest BCUT2D eigenvalue weighted by molar-refractivity contribution is 7.15. The normalized spacial score (nSPS) is 10.5. The summed E-state index contributed by atoms with van der Waals surface area (Å²) in [6.07, 6.45) is 1.75. The Kier molecular flexibility index (Phi) is 4.01. The molecule has 2 aromatic rings. The molecule has 1 aromatic heterocycles. The second kappa shape index (κ2) is 5.71. The summed E-state index contributed by atoms with van der Waals surface area (Å²) in [6, 6.07) is 6.13. The van der Waals surface area contributed by atoms with Crippen molar-refractivity contribution in [2.75, 3.05) is 10.6 Å². The molecule has 0 bridgehead atoms. The van der Waals surface area contributed by atoms with Crippen molar-refractivity contribution >= 4 is 28.2 Å². The average Bonchev–Trinajstić information content (AvgIpc) is 2.80. The number of amides is 2. The van der Waals surface area contributed by atoms with Crippen LogP contribution in [0.25, 0.3) is 0 Å². The first kappa shape index (κ1) is 13.4. The Labute approximate surface area is 115 Å². The lowest BCUT2D eigenvalue weighted by molar-refractivity contribution is 0.262. The van der Waals surface area contributed by atoms with E-state index in [9.17, 15) is 9.90 Å². The van der Waals surface area contributed by atoms with Crippen molar-refractivity contribution in [1.29, 1.82) is 0 Å². The van der Waals surface area contributed by atoms with Crippen LogP contribution in [-0.2, 0) is 0 Å². The largest absolute Gasteiger partial charge is 0.506 e. The highest BCUT2D eigenvalue weighted by Crippen LogP contribution is 2.26. The SMILES string of the molecule is CC(C)c1cnc(NC(=O)Nc2ccccc2O)s1. The molecule has 0 fully saturated rings. The van der Waals surface area contributed by atoms with Gasteiger partial charge >= 0.3 is 6.03 Å². The van der Waals surface area contributed by atoms with Crippen LogP contribution in [0, 0.1) is 0 Å². The first-order chi connectivity index (χ1) is 9.06. The third kappa shape index (κ3) is 3.45. The molecule has 0 radical (unpaired) electrons. The number of anilines is 2. The van der Waals surface area contributed by atoms with Gasteiger partial charge in [-0.1, -0.05) is 26.0 Å². The van der Waals surface area contributed by atoms with E-state index in [1.807, 2.05) is 0 Å². The van der Waals surface area contributed by atoms with E-state index in [1.165, 1.54) is 17.4 Å². The van der Waals surface area contributed by atoms with Crippen molar-refractivity contribution in [3.05, 3.63) is 35.3 Å². The Morgan fingerprint density at radius 3 is 2.68 bits per heavy atom. The van der Waals surface area contributed by atoms with Gasteiger partial charge in [0.25, 0.3) is 0 Å². The highest BCUT2D eigenvalue weighted by Gasteiger charge is 2.10. The van der Waals surface area contributed by atoms with Gasteiger partial charge < -0.3 is 10.4 Å². The summed E-state index contributed by atoms with van der Waals surface area (Å²) in [4.78, 5) is 17.0. The minimum absolute atomic E-state index is 0.0275. The summed E-state index contributed by atoms with van der Waals surface area (Å²) >= 11 is 1.44. The van der Waals surface area contributed by atoms with Gasteiger partial charge in [0, 0.05) is 11.1 Å². The molecule has 1 aromatic carbocycles. The standard InChI is InChI=1S/C13H15N3O2S/c1-8(2)11-7-14-13(19-11)16-12(18)15-9-5-3-4-6-10(9)17/h3-8,17H,1-2H3,(H2,14,15,16,18). The first-order valence-corrected chi connectivity index (χ1v) is 6.69. The van der Waals surface area contributed by atoms with Crippen molar-refractivity contribution in [2.24, 2.45) is 0 Å². The number of urea groups is 1. The number of thiazole rings is 1. The molecule has 100 valence electrons. The van der Waals surface area contributed by atoms with E-state index in [-0.39, 0.29) is 5.75 Å². The number of carbonyl (C=O) groups is 1. The maximum Gasteiger partial charge on any atom is 0.325 e. The number of aromatic nitrogens is 1. The number of nitrogens with one attached hydrogen (secondary N) is 2. The predicted molar refractivity (Wildman–Crippen MR) is 77.0 cm³/mol. The van der Waals surface area contributed by atoms with Crippen LogP contribution >= 0.6 is 11.3 Å². The number of carbonyl (C=O) groups excluding carboxylic acids is 1. The van der Waals surface area contributed by atoms with E-state index >= 15 is 0 Å². The van der Waals surface area contributed by atoms with E-state index < -0.39 is 6.03 Å². The second-order valence-corrected chi connectivity index (χ2v) is 5.38. The fraction of sp³-hybridized carbons (Fsp3) is 0.231. The van der Waals surface area contributed by atoms with Crippen molar-refractivity contribution in [1.82, 2.24) is 4.98 Å². The molecule has 0 atom stereocenters. The van der Waals surface area contributed by atoms with Gasteiger partial charge in [-0.25, -0.2) is 9.78 Å². The molecular weight excluding hydrogens is 262 g/mol. The summed E-state index contributed by atoms with van der Waals surface area (Å²) in [7, 11) is 0. The number of para-hydroxylation sites is 2. The molecule has 0 aliphatic carbocycles. The molecule has 2 rings (SSSR count). The monoisotopic (exact) mass is 277 g/mol. The van der Waals surface area contributed by atoms with E-state index in [0.717, 1.165) is 4.88 Å². The Morgan fingerprint density at radius 2 is 2.05 bits per heavy atom. The van der Waals surface area contributed by atoms with Gasteiger partial charge in [0.2, 0.25) is 0 Å². The third-order valence-corrected chi connectivity index (χ3v) is 3.68. The van der Waals surface area contributed by atoms with Crippen LogP contribution in [0.1, 0.15) is 24.6 Å². The minimum Gasteiger partial charge on any atom is -0.506 e.